The van der Waals surface area contributed by atoms with Gasteiger partial charge in [0, 0.05) is 18.6 Å². The first-order valence-corrected chi connectivity index (χ1v) is 5.22. The van der Waals surface area contributed by atoms with E-state index in [4.69, 9.17) is 4.74 Å². The van der Waals surface area contributed by atoms with Gasteiger partial charge in [-0.05, 0) is 27.3 Å². The highest BCUT2D eigenvalue weighted by Gasteiger charge is 2.18. The van der Waals surface area contributed by atoms with Gasteiger partial charge in [-0.3, -0.25) is 0 Å². The zero-order valence-electron chi connectivity index (χ0n) is 10.2. The number of aliphatic hydroxyl groups is 1. The summed E-state index contributed by atoms with van der Waals surface area (Å²) in [6, 6.07) is 0. The van der Waals surface area contributed by atoms with Crippen LogP contribution in [0.25, 0.3) is 0 Å². The fourth-order valence-corrected chi connectivity index (χ4v) is 1.20. The Labute approximate surface area is 87.8 Å². The Kier molecular flexibility index (Phi) is 5.64. The van der Waals surface area contributed by atoms with Gasteiger partial charge in [-0.15, -0.1) is 0 Å². The van der Waals surface area contributed by atoms with Crippen LogP contribution in [-0.4, -0.2) is 37.5 Å². The van der Waals surface area contributed by atoms with Crippen LogP contribution in [0, 0.1) is 5.41 Å². The maximum absolute atomic E-state index is 9.46. The molecular weight excluding hydrogens is 178 g/mol. The molecule has 14 heavy (non-hydrogen) atoms. The maximum Gasteiger partial charge on any atom is 0.0613 e. The lowest BCUT2D eigenvalue weighted by molar-refractivity contribution is 0.00691. The number of hydrogen-bond acceptors (Lipinski definition) is 3. The molecule has 0 aromatic heterocycles. The maximum atomic E-state index is 9.46. The predicted octanol–water partition coefficient (Wildman–Crippen LogP) is 1.41. The first kappa shape index (κ1) is 13.9. The van der Waals surface area contributed by atoms with Crippen LogP contribution in [0.2, 0.25) is 0 Å². The number of nitrogens with one attached hydrogen (secondary N) is 1. The van der Waals surface area contributed by atoms with E-state index >= 15 is 0 Å². The van der Waals surface area contributed by atoms with Gasteiger partial charge >= 0.3 is 0 Å². The highest BCUT2D eigenvalue weighted by molar-refractivity contribution is 4.70. The monoisotopic (exact) mass is 203 g/mol. The second-order valence-electron chi connectivity index (χ2n) is 5.31. The van der Waals surface area contributed by atoms with Gasteiger partial charge in [0.05, 0.1) is 12.2 Å². The fraction of sp³-hybridized carbons (Fsp3) is 1.00. The Hall–Kier alpha value is -0.120. The third-order valence-corrected chi connectivity index (χ3v) is 2.01. The summed E-state index contributed by atoms with van der Waals surface area (Å²) < 4.78 is 5.53. The molecule has 0 rings (SSSR count). The summed E-state index contributed by atoms with van der Waals surface area (Å²) >= 11 is 0. The van der Waals surface area contributed by atoms with E-state index in [9.17, 15) is 5.11 Å². The predicted molar refractivity (Wildman–Crippen MR) is 59.4 cm³/mol. The zero-order valence-corrected chi connectivity index (χ0v) is 10.2. The van der Waals surface area contributed by atoms with Gasteiger partial charge in [0.15, 0.2) is 0 Å². The quantitative estimate of drug-likeness (QED) is 0.615. The van der Waals surface area contributed by atoms with Crippen LogP contribution in [0.15, 0.2) is 0 Å². The van der Waals surface area contributed by atoms with Gasteiger partial charge in [-0.2, -0.15) is 0 Å². The molecular formula is C11H25NO2. The zero-order chi connectivity index (χ0) is 11.2. The highest BCUT2D eigenvalue weighted by Crippen LogP contribution is 2.14. The van der Waals surface area contributed by atoms with Crippen LogP contribution in [0.5, 0.6) is 0 Å². The lowest BCUT2D eigenvalue weighted by atomic mass is 9.95. The average molecular weight is 203 g/mol. The molecule has 86 valence electrons. The molecule has 0 amide bonds. The van der Waals surface area contributed by atoms with Gasteiger partial charge in [-0.25, -0.2) is 0 Å². The minimum atomic E-state index is -0.618. The average Bonchev–Trinajstić information content (AvgIpc) is 1.96. The number of rotatable bonds is 7. The molecule has 0 bridgehead atoms. The summed E-state index contributed by atoms with van der Waals surface area (Å²) in [6.45, 7) is 10.2. The smallest absolute Gasteiger partial charge is 0.0613 e. The summed E-state index contributed by atoms with van der Waals surface area (Å²) in [5, 5.41) is 12.6. The molecule has 2 N–H and O–H groups in total. The first-order valence-electron chi connectivity index (χ1n) is 5.22. The van der Waals surface area contributed by atoms with E-state index in [0.717, 1.165) is 13.2 Å². The van der Waals surface area contributed by atoms with E-state index < -0.39 is 5.60 Å². The Morgan fingerprint density at radius 1 is 1.21 bits per heavy atom. The minimum absolute atomic E-state index is 0.161. The molecule has 0 radical (unpaired) electrons. The molecule has 0 spiro atoms. The van der Waals surface area contributed by atoms with Gasteiger partial charge in [-0.1, -0.05) is 13.8 Å². The molecule has 0 aliphatic carbocycles. The van der Waals surface area contributed by atoms with Crippen molar-refractivity contribution < 1.29 is 9.84 Å². The molecule has 3 heteroatoms. The third kappa shape index (κ3) is 8.48. The van der Waals surface area contributed by atoms with Crippen molar-refractivity contribution in [2.24, 2.45) is 5.41 Å². The topological polar surface area (TPSA) is 41.5 Å². The van der Waals surface area contributed by atoms with Gasteiger partial charge in [0.2, 0.25) is 0 Å². The molecule has 0 saturated carbocycles. The normalized spacial score (nSPS) is 13.3. The van der Waals surface area contributed by atoms with Crippen LogP contribution in [-0.2, 0) is 4.74 Å². The second kappa shape index (κ2) is 5.69. The molecule has 0 aliphatic heterocycles. The molecule has 0 saturated heterocycles. The Bertz CT molecular complexity index is 150. The third-order valence-electron chi connectivity index (χ3n) is 2.01. The summed E-state index contributed by atoms with van der Waals surface area (Å²) in [5.41, 5.74) is -0.457. The summed E-state index contributed by atoms with van der Waals surface area (Å²) in [7, 11) is 1.94. The van der Waals surface area contributed by atoms with Crippen LogP contribution >= 0.6 is 0 Å². The SMILES string of the molecule is CNCC(C)(C)COCCC(C)(C)O. The molecule has 0 aliphatic rings. The van der Waals surface area contributed by atoms with E-state index in [1.54, 1.807) is 13.8 Å². The molecule has 0 unspecified atom stereocenters. The highest BCUT2D eigenvalue weighted by atomic mass is 16.5. The van der Waals surface area contributed by atoms with Crippen molar-refractivity contribution in [1.82, 2.24) is 5.32 Å². The Morgan fingerprint density at radius 2 is 1.79 bits per heavy atom. The molecule has 3 nitrogen and oxygen atoms in total. The van der Waals surface area contributed by atoms with E-state index in [-0.39, 0.29) is 5.41 Å². The van der Waals surface area contributed by atoms with E-state index in [1.807, 2.05) is 7.05 Å². The molecule has 0 aromatic carbocycles. The lowest BCUT2D eigenvalue weighted by Crippen LogP contribution is -2.32. The molecule has 0 heterocycles. The summed E-state index contributed by atoms with van der Waals surface area (Å²) in [5.74, 6) is 0. The van der Waals surface area contributed by atoms with Crippen LogP contribution < -0.4 is 5.32 Å². The number of hydrogen-bond donors (Lipinski definition) is 2. The number of ether oxygens (including phenoxy) is 1. The van der Waals surface area contributed by atoms with Crippen LogP contribution in [0.1, 0.15) is 34.1 Å². The summed E-state index contributed by atoms with van der Waals surface area (Å²) in [6.07, 6.45) is 0.683. The van der Waals surface area contributed by atoms with Gasteiger partial charge in [0.1, 0.15) is 0 Å². The van der Waals surface area contributed by atoms with Gasteiger partial charge < -0.3 is 15.2 Å². The lowest BCUT2D eigenvalue weighted by Gasteiger charge is -2.25. The van der Waals surface area contributed by atoms with E-state index in [1.165, 1.54) is 0 Å². The van der Waals surface area contributed by atoms with Crippen LogP contribution in [0.4, 0.5) is 0 Å². The summed E-state index contributed by atoms with van der Waals surface area (Å²) in [4.78, 5) is 0. The fourth-order valence-electron chi connectivity index (χ4n) is 1.20. The van der Waals surface area contributed by atoms with Crippen molar-refractivity contribution in [2.75, 3.05) is 26.8 Å². The van der Waals surface area contributed by atoms with Crippen molar-refractivity contribution >= 4 is 0 Å². The largest absolute Gasteiger partial charge is 0.390 e. The van der Waals surface area contributed by atoms with Gasteiger partial charge in [0.25, 0.3) is 0 Å². The van der Waals surface area contributed by atoms with E-state index in [0.29, 0.717) is 13.0 Å². The molecule has 0 aromatic rings. The van der Waals surface area contributed by atoms with Crippen molar-refractivity contribution in [3.05, 3.63) is 0 Å². The second-order valence-corrected chi connectivity index (χ2v) is 5.31. The van der Waals surface area contributed by atoms with Crippen molar-refractivity contribution in [3.63, 3.8) is 0 Å². The van der Waals surface area contributed by atoms with Crippen molar-refractivity contribution in [2.45, 2.75) is 39.7 Å². The Balaban J connectivity index is 3.54. The molecule has 0 fully saturated rings. The van der Waals surface area contributed by atoms with Crippen LogP contribution in [0.3, 0.4) is 0 Å². The van der Waals surface area contributed by atoms with E-state index in [2.05, 4.69) is 19.2 Å². The Morgan fingerprint density at radius 3 is 2.21 bits per heavy atom. The van der Waals surface area contributed by atoms with Crippen molar-refractivity contribution in [3.8, 4) is 0 Å². The minimum Gasteiger partial charge on any atom is -0.390 e. The molecule has 0 atom stereocenters. The first-order chi connectivity index (χ1) is 6.27. The standard InChI is InChI=1S/C11H25NO2/c1-10(2,8-12-5)9-14-7-6-11(3,4)13/h12-13H,6-9H2,1-5H3. The van der Waals surface area contributed by atoms with Crippen molar-refractivity contribution in [1.29, 1.82) is 0 Å².